The number of benzene rings is 1. The van der Waals surface area contributed by atoms with Gasteiger partial charge in [-0.1, -0.05) is 13.0 Å². The molecule has 126 valence electrons. The predicted molar refractivity (Wildman–Crippen MR) is 83.5 cm³/mol. The average Bonchev–Trinajstić information content (AvgIpc) is 2.42. The second-order valence-electron chi connectivity index (χ2n) is 6.37. The SMILES string of the molecule is CC(CCC(=O)O)c1ccc(C(=O)OC(C)(C)C)cc1[N+](=O)[O-]. The van der Waals surface area contributed by atoms with Crippen LogP contribution in [0.1, 0.15) is 62.4 Å². The predicted octanol–water partition coefficient (Wildman–Crippen LogP) is 3.52. The lowest BCUT2D eigenvalue weighted by Gasteiger charge is -2.19. The topological polar surface area (TPSA) is 107 Å². The van der Waals surface area contributed by atoms with Crippen molar-refractivity contribution in [2.75, 3.05) is 0 Å². The second-order valence-corrected chi connectivity index (χ2v) is 6.37. The Kier molecular flexibility index (Phi) is 5.84. The highest BCUT2D eigenvalue weighted by Gasteiger charge is 2.24. The molecule has 1 unspecified atom stereocenters. The summed E-state index contributed by atoms with van der Waals surface area (Å²) < 4.78 is 5.20. The quantitative estimate of drug-likeness (QED) is 0.487. The summed E-state index contributed by atoms with van der Waals surface area (Å²) in [6.07, 6.45) is 0.202. The van der Waals surface area contributed by atoms with Crippen molar-refractivity contribution in [3.8, 4) is 0 Å². The van der Waals surface area contributed by atoms with Gasteiger partial charge in [-0.15, -0.1) is 0 Å². The lowest BCUT2D eigenvalue weighted by Crippen LogP contribution is -2.24. The average molecular weight is 323 g/mol. The molecule has 1 aromatic carbocycles. The molecule has 0 aliphatic heterocycles. The molecule has 0 aromatic heterocycles. The monoisotopic (exact) mass is 323 g/mol. The van der Waals surface area contributed by atoms with Gasteiger partial charge in [-0.05, 0) is 39.2 Å². The minimum absolute atomic E-state index is 0.0772. The molecule has 1 aromatic rings. The first kappa shape index (κ1) is 18.6. The van der Waals surface area contributed by atoms with Gasteiger partial charge in [-0.3, -0.25) is 14.9 Å². The fourth-order valence-corrected chi connectivity index (χ4v) is 2.08. The van der Waals surface area contributed by atoms with E-state index in [1.807, 2.05) is 0 Å². The number of nitrogens with zero attached hydrogens (tertiary/aromatic N) is 1. The van der Waals surface area contributed by atoms with Crippen molar-refractivity contribution >= 4 is 17.6 Å². The van der Waals surface area contributed by atoms with Crippen molar-refractivity contribution in [2.24, 2.45) is 0 Å². The van der Waals surface area contributed by atoms with Gasteiger partial charge in [-0.2, -0.15) is 0 Å². The number of hydrogen-bond acceptors (Lipinski definition) is 5. The van der Waals surface area contributed by atoms with Crippen LogP contribution < -0.4 is 0 Å². The number of carboxylic acid groups (broad SMARTS) is 1. The number of carboxylic acids is 1. The van der Waals surface area contributed by atoms with Crippen LogP contribution in [-0.4, -0.2) is 27.6 Å². The maximum atomic E-state index is 12.0. The van der Waals surface area contributed by atoms with Crippen molar-refractivity contribution in [1.29, 1.82) is 0 Å². The molecule has 1 atom stereocenters. The zero-order valence-electron chi connectivity index (χ0n) is 13.7. The van der Waals surface area contributed by atoms with Crippen molar-refractivity contribution < 1.29 is 24.4 Å². The fourth-order valence-electron chi connectivity index (χ4n) is 2.08. The Balaban J connectivity index is 3.09. The Bertz CT molecular complexity index is 617. The molecule has 7 nitrogen and oxygen atoms in total. The van der Waals surface area contributed by atoms with Gasteiger partial charge in [0.2, 0.25) is 0 Å². The van der Waals surface area contributed by atoms with E-state index in [4.69, 9.17) is 9.84 Å². The van der Waals surface area contributed by atoms with Crippen molar-refractivity contribution in [3.63, 3.8) is 0 Å². The zero-order chi connectivity index (χ0) is 17.8. The van der Waals surface area contributed by atoms with Gasteiger partial charge in [0.25, 0.3) is 5.69 Å². The van der Waals surface area contributed by atoms with Crippen LogP contribution in [0.3, 0.4) is 0 Å². The third kappa shape index (κ3) is 5.69. The van der Waals surface area contributed by atoms with E-state index in [1.54, 1.807) is 27.7 Å². The fraction of sp³-hybridized carbons (Fsp3) is 0.500. The van der Waals surface area contributed by atoms with Gasteiger partial charge in [0, 0.05) is 18.1 Å². The smallest absolute Gasteiger partial charge is 0.338 e. The van der Waals surface area contributed by atoms with E-state index in [9.17, 15) is 19.7 Å². The van der Waals surface area contributed by atoms with Crippen LogP contribution in [0.4, 0.5) is 5.69 Å². The minimum Gasteiger partial charge on any atom is -0.481 e. The second kappa shape index (κ2) is 7.21. The van der Waals surface area contributed by atoms with Gasteiger partial charge >= 0.3 is 11.9 Å². The molecular weight excluding hydrogens is 302 g/mol. The van der Waals surface area contributed by atoms with Crippen molar-refractivity contribution in [1.82, 2.24) is 0 Å². The first-order valence-electron chi connectivity index (χ1n) is 7.24. The summed E-state index contributed by atoms with van der Waals surface area (Å²) in [5.41, 5.74) is -0.394. The Morgan fingerprint density at radius 3 is 2.43 bits per heavy atom. The normalized spacial score (nSPS) is 12.5. The molecule has 0 aliphatic carbocycles. The lowest BCUT2D eigenvalue weighted by atomic mass is 9.93. The molecule has 0 saturated heterocycles. The van der Waals surface area contributed by atoms with Crippen LogP contribution in [0.15, 0.2) is 18.2 Å². The van der Waals surface area contributed by atoms with E-state index in [2.05, 4.69) is 0 Å². The van der Waals surface area contributed by atoms with Gasteiger partial charge in [0.05, 0.1) is 10.5 Å². The molecule has 0 spiro atoms. The van der Waals surface area contributed by atoms with Crippen LogP contribution in [0.25, 0.3) is 0 Å². The zero-order valence-corrected chi connectivity index (χ0v) is 13.7. The summed E-state index contributed by atoms with van der Waals surface area (Å²) in [5.74, 6) is -1.89. The first-order valence-corrected chi connectivity index (χ1v) is 7.24. The number of nitro groups is 1. The molecule has 7 heteroatoms. The number of rotatable bonds is 6. The molecule has 0 saturated carbocycles. The number of carbonyl (C=O) groups excluding carboxylic acids is 1. The Labute approximate surface area is 134 Å². The summed E-state index contributed by atoms with van der Waals surface area (Å²) in [5, 5.41) is 20.0. The number of carbonyl (C=O) groups is 2. The summed E-state index contributed by atoms with van der Waals surface area (Å²) in [7, 11) is 0. The molecule has 23 heavy (non-hydrogen) atoms. The van der Waals surface area contributed by atoms with Crippen molar-refractivity contribution in [3.05, 3.63) is 39.4 Å². The van der Waals surface area contributed by atoms with Crippen LogP contribution in [0.5, 0.6) is 0 Å². The van der Waals surface area contributed by atoms with Crippen molar-refractivity contribution in [2.45, 2.75) is 52.1 Å². The van der Waals surface area contributed by atoms with E-state index < -0.39 is 22.5 Å². The molecule has 0 bridgehead atoms. The van der Waals surface area contributed by atoms with E-state index in [0.717, 1.165) is 0 Å². The third-order valence-electron chi connectivity index (χ3n) is 3.18. The van der Waals surface area contributed by atoms with E-state index in [-0.39, 0.29) is 30.0 Å². The first-order chi connectivity index (χ1) is 10.5. The van der Waals surface area contributed by atoms with Gasteiger partial charge in [0.1, 0.15) is 5.60 Å². The number of aliphatic carboxylic acids is 1. The largest absolute Gasteiger partial charge is 0.481 e. The highest BCUT2D eigenvalue weighted by molar-refractivity contribution is 5.90. The highest BCUT2D eigenvalue weighted by Crippen LogP contribution is 2.31. The maximum Gasteiger partial charge on any atom is 0.338 e. The van der Waals surface area contributed by atoms with E-state index >= 15 is 0 Å². The Hall–Kier alpha value is -2.44. The standard InChI is InChI=1S/C16H21NO6/c1-10(5-8-14(18)19)12-7-6-11(9-13(12)17(21)22)15(20)23-16(2,3)4/h6-7,9-10H,5,8H2,1-4H3,(H,18,19). The molecule has 1 rings (SSSR count). The Morgan fingerprint density at radius 2 is 1.96 bits per heavy atom. The molecule has 0 aliphatic rings. The van der Waals surface area contributed by atoms with E-state index in [0.29, 0.717) is 5.56 Å². The number of esters is 1. The molecule has 1 N–H and O–H groups in total. The minimum atomic E-state index is -0.954. The van der Waals surface area contributed by atoms with E-state index in [1.165, 1.54) is 18.2 Å². The van der Waals surface area contributed by atoms with Crippen LogP contribution >= 0.6 is 0 Å². The summed E-state index contributed by atoms with van der Waals surface area (Å²) in [4.78, 5) is 33.3. The molecule has 0 amide bonds. The summed E-state index contributed by atoms with van der Waals surface area (Å²) >= 11 is 0. The maximum absolute atomic E-state index is 12.0. The lowest BCUT2D eigenvalue weighted by molar-refractivity contribution is -0.385. The molecule has 0 heterocycles. The Morgan fingerprint density at radius 1 is 1.35 bits per heavy atom. The summed E-state index contributed by atoms with van der Waals surface area (Å²) in [6.45, 7) is 6.85. The number of hydrogen-bond donors (Lipinski definition) is 1. The van der Waals surface area contributed by atoms with Gasteiger partial charge < -0.3 is 9.84 Å². The van der Waals surface area contributed by atoms with Crippen LogP contribution in [-0.2, 0) is 9.53 Å². The van der Waals surface area contributed by atoms with Crippen LogP contribution in [0.2, 0.25) is 0 Å². The molecular formula is C16H21NO6. The molecule has 0 fully saturated rings. The summed E-state index contributed by atoms with van der Waals surface area (Å²) in [6, 6.07) is 4.14. The third-order valence-corrected chi connectivity index (χ3v) is 3.18. The van der Waals surface area contributed by atoms with Gasteiger partial charge in [-0.25, -0.2) is 4.79 Å². The number of nitro benzene ring substituents is 1. The van der Waals surface area contributed by atoms with Crippen LogP contribution in [0, 0.1) is 10.1 Å². The molecule has 0 radical (unpaired) electrons. The highest BCUT2D eigenvalue weighted by atomic mass is 16.6. The number of ether oxygens (including phenoxy) is 1. The van der Waals surface area contributed by atoms with Gasteiger partial charge in [0.15, 0.2) is 0 Å².